The van der Waals surface area contributed by atoms with Crippen molar-refractivity contribution in [3.63, 3.8) is 0 Å². The maximum atomic E-state index is 7.16. The molecule has 0 aliphatic heterocycles. The van der Waals surface area contributed by atoms with Crippen LogP contribution in [0.3, 0.4) is 0 Å². The second kappa shape index (κ2) is 2.26. The zero-order valence-electron chi connectivity index (χ0n) is 4.76. The van der Waals surface area contributed by atoms with E-state index in [1.54, 1.807) is 24.3 Å². The fraction of sp³-hybridized carbons (Fsp3) is 0. The van der Waals surface area contributed by atoms with Gasteiger partial charge in [-0.2, -0.15) is 0 Å². The lowest BCUT2D eigenvalue weighted by Crippen LogP contribution is -2.08. The van der Waals surface area contributed by atoms with E-state index in [2.05, 4.69) is 5.16 Å². The molecule has 0 heterocycles. The van der Waals surface area contributed by atoms with Crippen molar-refractivity contribution in [3.05, 3.63) is 24.3 Å². The molecule has 1 aliphatic rings. The first kappa shape index (κ1) is 5.75. The van der Waals surface area contributed by atoms with Crippen LogP contribution in [-0.4, -0.2) is 16.6 Å². The third kappa shape index (κ3) is 1.05. The minimum absolute atomic E-state index is 0.299. The van der Waals surface area contributed by atoms with Gasteiger partial charge in [-0.05, 0) is 12.2 Å². The van der Waals surface area contributed by atoms with Crippen LogP contribution in [0.2, 0.25) is 0 Å². The van der Waals surface area contributed by atoms with Crippen molar-refractivity contribution in [3.8, 4) is 0 Å². The van der Waals surface area contributed by atoms with Crippen molar-refractivity contribution in [2.75, 3.05) is 0 Å². The smallest absolute Gasteiger partial charge is 0.177 e. The number of hydrogen-bond donors (Lipinski definition) is 1. The fourth-order valence-electron chi connectivity index (χ4n) is 0.571. The Kier molecular flexibility index (Phi) is 1.44. The highest BCUT2D eigenvalue weighted by Gasteiger charge is 2.03. The molecule has 0 aromatic rings. The third-order valence-corrected chi connectivity index (χ3v) is 1.02. The fourth-order valence-corrected chi connectivity index (χ4v) is 0.571. The Bertz CT molecular complexity index is 213. The van der Waals surface area contributed by atoms with Crippen LogP contribution in [0.15, 0.2) is 29.5 Å². The summed E-state index contributed by atoms with van der Waals surface area (Å²) in [6.07, 6.45) is 6.74. The first-order chi connectivity index (χ1) is 4.34. The summed E-state index contributed by atoms with van der Waals surface area (Å²) >= 11 is 0. The molecule has 0 unspecified atom stereocenters. The van der Waals surface area contributed by atoms with Gasteiger partial charge in [0.2, 0.25) is 0 Å². The summed E-state index contributed by atoms with van der Waals surface area (Å²) < 4.78 is 0. The van der Waals surface area contributed by atoms with Gasteiger partial charge in [0.15, 0.2) is 5.71 Å². The Hall–Kier alpha value is -1.38. The lowest BCUT2D eigenvalue weighted by molar-refractivity contribution is 0.320. The van der Waals surface area contributed by atoms with Crippen molar-refractivity contribution < 1.29 is 5.21 Å². The first-order valence-corrected chi connectivity index (χ1v) is 2.52. The first-order valence-electron chi connectivity index (χ1n) is 2.52. The molecule has 0 atom stereocenters. The van der Waals surface area contributed by atoms with Crippen molar-refractivity contribution >= 4 is 11.4 Å². The van der Waals surface area contributed by atoms with E-state index in [0.717, 1.165) is 0 Å². The highest BCUT2D eigenvalue weighted by atomic mass is 16.4. The Labute approximate surface area is 52.5 Å². The summed E-state index contributed by atoms with van der Waals surface area (Å²) in [5, 5.41) is 16.9. The van der Waals surface area contributed by atoms with E-state index in [9.17, 15) is 0 Å². The normalized spacial score (nSPS) is 21.3. The summed E-state index contributed by atoms with van der Waals surface area (Å²) in [6, 6.07) is 0. The average Bonchev–Trinajstić information content (AvgIpc) is 1.89. The third-order valence-electron chi connectivity index (χ3n) is 1.02. The molecule has 0 fully saturated rings. The number of rotatable bonds is 0. The zero-order chi connectivity index (χ0) is 6.69. The molecule has 0 bridgehead atoms. The van der Waals surface area contributed by atoms with Gasteiger partial charge in [-0.1, -0.05) is 12.2 Å². The zero-order valence-corrected chi connectivity index (χ0v) is 4.76. The monoisotopic (exact) mass is 123 g/mol. The van der Waals surface area contributed by atoms with E-state index >= 15 is 0 Å². The molecule has 0 spiro atoms. The van der Waals surface area contributed by atoms with Gasteiger partial charge in [0.25, 0.3) is 0 Å². The molecule has 0 amide bonds. The molecule has 0 radical (unpaired) electrons. The highest BCUT2D eigenvalue weighted by molar-refractivity contribution is 6.49. The molecule has 46 valence electrons. The minimum Gasteiger partial charge on any atom is -0.469 e. The maximum Gasteiger partial charge on any atom is 0.177 e. The highest BCUT2D eigenvalue weighted by Crippen LogP contribution is 1.94. The second-order valence-electron chi connectivity index (χ2n) is 1.63. The van der Waals surface area contributed by atoms with Crippen LogP contribution < -0.4 is 0 Å². The Morgan fingerprint density at radius 1 is 1.33 bits per heavy atom. The topological polar surface area (TPSA) is 59.1 Å². The van der Waals surface area contributed by atoms with Crippen molar-refractivity contribution in [2.24, 2.45) is 5.16 Å². The molecule has 1 rings (SSSR count). The molecule has 0 saturated heterocycles. The largest absolute Gasteiger partial charge is 0.469 e. The molecule has 1 aliphatic carbocycles. The predicted octanol–water partition coefficient (Wildman–Crippen LogP) is 0.213. The number of hydrogen-bond acceptors (Lipinski definition) is 2. The van der Waals surface area contributed by atoms with Gasteiger partial charge in [0.05, 0.1) is 10.9 Å². The maximum absolute atomic E-state index is 7.16. The van der Waals surface area contributed by atoms with Gasteiger partial charge < -0.3 is 5.21 Å². The van der Waals surface area contributed by atoms with Crippen molar-refractivity contribution in [1.82, 2.24) is 0 Å². The summed E-state index contributed by atoms with van der Waals surface area (Å²) in [4.78, 5) is 0. The molecule has 3 heteroatoms. The number of nitrogens with zero attached hydrogens (tertiary/aromatic N) is 1. The summed E-state index contributed by atoms with van der Waals surface area (Å²) in [7, 11) is 0. The van der Waals surface area contributed by atoms with Gasteiger partial charge >= 0.3 is 0 Å². The molecule has 0 aromatic carbocycles. The summed E-state index contributed by atoms with van der Waals surface area (Å²) in [6.45, 7) is 0. The van der Waals surface area contributed by atoms with Gasteiger partial charge in [-0.3, -0.25) is 5.41 Å². The Morgan fingerprint density at radius 2 is 2.00 bits per heavy atom. The van der Waals surface area contributed by atoms with E-state index in [1.807, 2.05) is 0 Å². The number of nitrogens with one attached hydrogen (secondary N) is 1. The molecule has 0 aromatic heterocycles. The lowest BCUT2D eigenvalue weighted by atomic mass is 10.1. The van der Waals surface area contributed by atoms with Gasteiger partial charge in [-0.25, -0.2) is 0 Å². The quantitative estimate of drug-likeness (QED) is 0.272. The summed E-state index contributed by atoms with van der Waals surface area (Å²) in [5.41, 5.74) is 0.713. The van der Waals surface area contributed by atoms with Gasteiger partial charge in [-0.15, -0.1) is 0 Å². The lowest BCUT2D eigenvalue weighted by Gasteiger charge is -1.95. The van der Waals surface area contributed by atoms with Crippen LogP contribution in [0.5, 0.6) is 0 Å². The van der Waals surface area contributed by atoms with E-state index < -0.39 is 0 Å². The Morgan fingerprint density at radius 3 is 2.44 bits per heavy atom. The van der Waals surface area contributed by atoms with Crippen LogP contribution in [0, 0.1) is 5.41 Å². The summed E-state index contributed by atoms with van der Waals surface area (Å²) in [5.74, 6) is 0. The SMILES string of the molecule is N=C1C=CC=C/C1=N/[OH2+]. The van der Waals surface area contributed by atoms with E-state index in [-0.39, 0.29) is 0 Å². The molecule has 3 N–H and O–H groups in total. The standard InChI is InChI=1S/C6H6N2O/c7-5-3-1-2-4-6(5)8-9/h1-4,7,9H/p+1/b7-5?,8-6-. The molecular formula is C6H7N2O+. The van der Waals surface area contributed by atoms with Crippen LogP contribution in [-0.2, 0) is 0 Å². The molecule has 3 nitrogen and oxygen atoms in total. The van der Waals surface area contributed by atoms with E-state index in [1.165, 1.54) is 0 Å². The van der Waals surface area contributed by atoms with Crippen LogP contribution in [0.4, 0.5) is 0 Å². The van der Waals surface area contributed by atoms with Crippen LogP contribution in [0.1, 0.15) is 0 Å². The second-order valence-corrected chi connectivity index (χ2v) is 1.63. The van der Waals surface area contributed by atoms with Gasteiger partial charge in [0.1, 0.15) is 0 Å². The minimum atomic E-state index is 0.299. The van der Waals surface area contributed by atoms with Crippen molar-refractivity contribution in [1.29, 1.82) is 5.41 Å². The van der Waals surface area contributed by atoms with Crippen LogP contribution >= 0.6 is 0 Å². The number of allylic oxidation sites excluding steroid dienone is 4. The molecular weight excluding hydrogens is 116 g/mol. The average molecular weight is 123 g/mol. The predicted molar refractivity (Wildman–Crippen MR) is 37.1 cm³/mol. The van der Waals surface area contributed by atoms with Gasteiger partial charge in [0, 0.05) is 0 Å². The van der Waals surface area contributed by atoms with Crippen LogP contribution in [0.25, 0.3) is 0 Å². The Balaban J connectivity index is 2.91. The van der Waals surface area contributed by atoms with Crippen molar-refractivity contribution in [2.45, 2.75) is 0 Å². The van der Waals surface area contributed by atoms with E-state index in [4.69, 9.17) is 10.6 Å². The van der Waals surface area contributed by atoms with E-state index in [0.29, 0.717) is 11.4 Å². The molecule has 0 saturated carbocycles. The molecule has 9 heavy (non-hydrogen) atoms.